The molecule has 4 heteroatoms. The van der Waals surface area contributed by atoms with E-state index in [4.69, 9.17) is 0 Å². The quantitative estimate of drug-likeness (QED) is 0.535. The first-order valence-electron chi connectivity index (χ1n) is 5.93. The van der Waals surface area contributed by atoms with Crippen molar-refractivity contribution in [2.75, 3.05) is 19.6 Å². The van der Waals surface area contributed by atoms with E-state index in [1.54, 1.807) is 6.07 Å². The number of aryl methyl sites for hydroxylation is 1. The first-order valence-corrected chi connectivity index (χ1v) is 6.38. The molecule has 0 aromatic heterocycles. The highest BCUT2D eigenvalue weighted by molar-refractivity contribution is 7.80. The molecule has 0 aliphatic carbocycles. The minimum absolute atomic E-state index is 0.0186. The Labute approximate surface area is 108 Å². The monoisotopic (exact) mass is 252 g/mol. The van der Waals surface area contributed by atoms with Crippen LogP contribution < -0.4 is 10.6 Å². The van der Waals surface area contributed by atoms with Gasteiger partial charge in [0.1, 0.15) is 0 Å². The van der Waals surface area contributed by atoms with Crippen LogP contribution in [0, 0.1) is 6.92 Å². The number of rotatable bonds is 6. The Morgan fingerprint density at radius 1 is 1.35 bits per heavy atom. The summed E-state index contributed by atoms with van der Waals surface area (Å²) in [5.74, 6) is -0.0186. The highest BCUT2D eigenvalue weighted by Crippen LogP contribution is 2.13. The lowest BCUT2D eigenvalue weighted by atomic mass is 10.1. The second-order valence-electron chi connectivity index (χ2n) is 3.96. The van der Waals surface area contributed by atoms with Gasteiger partial charge in [0.05, 0.1) is 0 Å². The molecule has 0 bridgehead atoms. The van der Waals surface area contributed by atoms with Gasteiger partial charge in [-0.2, -0.15) is 0 Å². The van der Waals surface area contributed by atoms with E-state index in [9.17, 15) is 4.79 Å². The van der Waals surface area contributed by atoms with Crippen molar-refractivity contribution in [3.05, 3.63) is 29.3 Å². The van der Waals surface area contributed by atoms with Crippen molar-refractivity contribution in [3.8, 4) is 0 Å². The minimum atomic E-state index is -0.0186. The van der Waals surface area contributed by atoms with E-state index in [2.05, 4.69) is 30.2 Å². The molecule has 0 aliphatic heterocycles. The molecule has 0 saturated heterocycles. The summed E-state index contributed by atoms with van der Waals surface area (Å²) in [6.07, 6.45) is 0.944. The Hall–Kier alpha value is -1.00. The zero-order chi connectivity index (χ0) is 12.7. The number of hydrogen-bond acceptors (Lipinski definition) is 3. The van der Waals surface area contributed by atoms with Crippen LogP contribution in [0.3, 0.4) is 0 Å². The lowest BCUT2D eigenvalue weighted by molar-refractivity contribution is 0.0952. The summed E-state index contributed by atoms with van der Waals surface area (Å²) in [5, 5.41) is 6.13. The molecule has 0 heterocycles. The topological polar surface area (TPSA) is 41.1 Å². The number of carbonyl (C=O) groups excluding carboxylic acids is 1. The number of thiol groups is 1. The minimum Gasteiger partial charge on any atom is -0.352 e. The van der Waals surface area contributed by atoms with Crippen LogP contribution in [0.1, 0.15) is 29.3 Å². The van der Waals surface area contributed by atoms with E-state index in [1.165, 1.54) is 0 Å². The summed E-state index contributed by atoms with van der Waals surface area (Å²) in [5.41, 5.74) is 1.69. The number of hydrogen-bond donors (Lipinski definition) is 3. The van der Waals surface area contributed by atoms with Gasteiger partial charge in [0.2, 0.25) is 0 Å². The first kappa shape index (κ1) is 14.1. The zero-order valence-corrected chi connectivity index (χ0v) is 11.3. The van der Waals surface area contributed by atoms with Gasteiger partial charge in [-0.15, -0.1) is 12.6 Å². The Kier molecular flexibility index (Phi) is 6.08. The summed E-state index contributed by atoms with van der Waals surface area (Å²) in [6.45, 7) is 6.60. The number of nitrogens with one attached hydrogen (secondary N) is 2. The highest BCUT2D eigenvalue weighted by atomic mass is 32.1. The second-order valence-corrected chi connectivity index (χ2v) is 4.48. The van der Waals surface area contributed by atoms with Crippen molar-refractivity contribution in [1.29, 1.82) is 0 Å². The second kappa shape index (κ2) is 7.35. The lowest BCUT2D eigenvalue weighted by Gasteiger charge is -2.08. The molecule has 1 aromatic carbocycles. The molecule has 3 nitrogen and oxygen atoms in total. The summed E-state index contributed by atoms with van der Waals surface area (Å²) in [7, 11) is 0. The third kappa shape index (κ3) is 4.79. The van der Waals surface area contributed by atoms with Crippen LogP contribution in [0.15, 0.2) is 23.1 Å². The molecule has 1 amide bonds. The van der Waals surface area contributed by atoms with Crippen LogP contribution in [0.2, 0.25) is 0 Å². The molecule has 2 N–H and O–H groups in total. The van der Waals surface area contributed by atoms with Crippen molar-refractivity contribution >= 4 is 18.5 Å². The molecule has 0 atom stereocenters. The smallest absolute Gasteiger partial charge is 0.251 e. The fourth-order valence-electron chi connectivity index (χ4n) is 1.54. The standard InChI is InChI=1S/C13H20N2OS/c1-3-14-7-4-8-15-13(16)12-9-11(17)6-5-10(12)2/h5-6,9,14,17H,3-4,7-8H2,1-2H3,(H,15,16). The predicted octanol–water partition coefficient (Wildman–Crippen LogP) is 2.01. The van der Waals surface area contributed by atoms with Crippen LogP contribution in [-0.2, 0) is 0 Å². The Bertz CT molecular complexity index is 380. The zero-order valence-electron chi connectivity index (χ0n) is 10.4. The Morgan fingerprint density at radius 3 is 2.82 bits per heavy atom. The third-order valence-corrected chi connectivity index (χ3v) is 2.81. The van der Waals surface area contributed by atoms with Crippen LogP contribution >= 0.6 is 12.6 Å². The van der Waals surface area contributed by atoms with E-state index in [1.807, 2.05) is 19.1 Å². The Morgan fingerprint density at radius 2 is 2.12 bits per heavy atom. The molecule has 0 spiro atoms. The van der Waals surface area contributed by atoms with E-state index in [0.717, 1.165) is 30.0 Å². The van der Waals surface area contributed by atoms with Gasteiger partial charge >= 0.3 is 0 Å². The third-order valence-electron chi connectivity index (χ3n) is 2.53. The molecule has 0 radical (unpaired) electrons. The Balaban J connectivity index is 2.44. The van der Waals surface area contributed by atoms with E-state index in [-0.39, 0.29) is 5.91 Å². The number of amides is 1. The van der Waals surface area contributed by atoms with Crippen molar-refractivity contribution in [3.63, 3.8) is 0 Å². The molecule has 17 heavy (non-hydrogen) atoms. The van der Waals surface area contributed by atoms with Crippen molar-refractivity contribution in [1.82, 2.24) is 10.6 Å². The van der Waals surface area contributed by atoms with Crippen molar-refractivity contribution < 1.29 is 4.79 Å². The van der Waals surface area contributed by atoms with Gasteiger partial charge < -0.3 is 10.6 Å². The van der Waals surface area contributed by atoms with Crippen LogP contribution in [0.4, 0.5) is 0 Å². The summed E-state index contributed by atoms with van der Waals surface area (Å²) in [6, 6.07) is 5.61. The normalized spacial score (nSPS) is 10.3. The number of benzene rings is 1. The van der Waals surface area contributed by atoms with Gasteiger partial charge in [-0.05, 0) is 44.1 Å². The van der Waals surface area contributed by atoms with Crippen LogP contribution in [0.5, 0.6) is 0 Å². The molecular formula is C13H20N2OS. The summed E-state index contributed by atoms with van der Waals surface area (Å²) in [4.78, 5) is 12.7. The maximum absolute atomic E-state index is 11.9. The molecule has 94 valence electrons. The molecule has 0 fully saturated rings. The van der Waals surface area contributed by atoms with Gasteiger partial charge in [0.25, 0.3) is 5.91 Å². The molecule has 1 rings (SSSR count). The van der Waals surface area contributed by atoms with Crippen molar-refractivity contribution in [2.24, 2.45) is 0 Å². The first-order chi connectivity index (χ1) is 8.15. The largest absolute Gasteiger partial charge is 0.352 e. The molecule has 1 aromatic rings. The van der Waals surface area contributed by atoms with E-state index < -0.39 is 0 Å². The van der Waals surface area contributed by atoms with Gasteiger partial charge in [0, 0.05) is 17.0 Å². The lowest BCUT2D eigenvalue weighted by Crippen LogP contribution is -2.27. The average Bonchev–Trinajstić information content (AvgIpc) is 2.32. The maximum Gasteiger partial charge on any atom is 0.251 e. The van der Waals surface area contributed by atoms with Crippen LogP contribution in [0.25, 0.3) is 0 Å². The fraction of sp³-hybridized carbons (Fsp3) is 0.462. The average molecular weight is 252 g/mol. The SMILES string of the molecule is CCNCCCNC(=O)c1cc(S)ccc1C. The van der Waals surface area contributed by atoms with Gasteiger partial charge in [0.15, 0.2) is 0 Å². The van der Waals surface area contributed by atoms with Gasteiger partial charge in [-0.25, -0.2) is 0 Å². The predicted molar refractivity (Wildman–Crippen MR) is 73.9 cm³/mol. The molecular weight excluding hydrogens is 232 g/mol. The van der Waals surface area contributed by atoms with Crippen molar-refractivity contribution in [2.45, 2.75) is 25.2 Å². The number of carbonyl (C=O) groups is 1. The molecule has 0 saturated carbocycles. The molecule has 0 aliphatic rings. The highest BCUT2D eigenvalue weighted by Gasteiger charge is 2.08. The maximum atomic E-state index is 11.9. The van der Waals surface area contributed by atoms with E-state index >= 15 is 0 Å². The summed E-state index contributed by atoms with van der Waals surface area (Å²) >= 11 is 4.24. The fourth-order valence-corrected chi connectivity index (χ4v) is 1.75. The van der Waals surface area contributed by atoms with E-state index in [0.29, 0.717) is 12.1 Å². The van der Waals surface area contributed by atoms with Gasteiger partial charge in [-0.3, -0.25) is 4.79 Å². The van der Waals surface area contributed by atoms with Gasteiger partial charge in [-0.1, -0.05) is 13.0 Å². The van der Waals surface area contributed by atoms with Crippen LogP contribution in [-0.4, -0.2) is 25.5 Å². The summed E-state index contributed by atoms with van der Waals surface area (Å²) < 4.78 is 0. The molecule has 0 unspecified atom stereocenters.